The van der Waals surface area contributed by atoms with Gasteiger partial charge < -0.3 is 0 Å². The third kappa shape index (κ3) is 1.89. The van der Waals surface area contributed by atoms with E-state index >= 15 is 0 Å². The van der Waals surface area contributed by atoms with Crippen molar-refractivity contribution in [3.63, 3.8) is 0 Å². The summed E-state index contributed by atoms with van der Waals surface area (Å²) in [7, 11) is 0. The third-order valence-corrected chi connectivity index (χ3v) is 3.50. The molecule has 0 radical (unpaired) electrons. The largest absolute Gasteiger partial charge is 0.278 e. The minimum Gasteiger partial charge on any atom is -0.278 e. The first kappa shape index (κ1) is 12.8. The number of guanidine groups is 1. The van der Waals surface area contributed by atoms with Crippen LogP contribution in [-0.4, -0.2) is 29.2 Å². The van der Waals surface area contributed by atoms with Gasteiger partial charge in [-0.3, -0.25) is 14.5 Å². The summed E-state index contributed by atoms with van der Waals surface area (Å²) >= 11 is 5.94. The van der Waals surface area contributed by atoms with Crippen LogP contribution in [0.2, 0.25) is 5.02 Å². The maximum atomic E-state index is 13.7. The number of nitrogens with zero attached hydrogens (tertiary/aromatic N) is 3. The first-order valence-corrected chi connectivity index (χ1v) is 6.21. The van der Waals surface area contributed by atoms with Crippen molar-refractivity contribution in [1.82, 2.24) is 4.90 Å². The lowest BCUT2D eigenvalue weighted by Crippen LogP contribution is -2.47. The highest BCUT2D eigenvalue weighted by Gasteiger charge is 2.38. The number of fused-ring (bicyclic) bond motifs is 1. The second kappa shape index (κ2) is 4.42. The van der Waals surface area contributed by atoms with Crippen molar-refractivity contribution in [1.29, 1.82) is 0 Å². The molecule has 102 valence electrons. The van der Waals surface area contributed by atoms with E-state index in [1.165, 1.54) is 4.90 Å². The normalized spacial score (nSPS) is 18.1. The molecule has 2 amide bonds. The molecule has 5 nitrogen and oxygen atoms in total. The maximum absolute atomic E-state index is 13.7. The minimum atomic E-state index is -0.776. The van der Waals surface area contributed by atoms with Gasteiger partial charge in [-0.25, -0.2) is 4.90 Å². The first-order valence-electron chi connectivity index (χ1n) is 5.84. The van der Waals surface area contributed by atoms with Crippen LogP contribution in [0.3, 0.4) is 0 Å². The summed E-state index contributed by atoms with van der Waals surface area (Å²) in [4.78, 5) is 29.4. The van der Waals surface area contributed by atoms with Crippen molar-refractivity contribution in [3.8, 4) is 0 Å². The summed E-state index contributed by atoms with van der Waals surface area (Å²) in [6, 6.07) is 4.93. The Bertz CT molecular complexity index is 699. The van der Waals surface area contributed by atoms with Crippen LogP contribution in [-0.2, 0) is 9.59 Å². The monoisotopic (exact) mass is 293 g/mol. The molecule has 2 aliphatic heterocycles. The molecule has 0 saturated carbocycles. The van der Waals surface area contributed by atoms with Crippen LogP contribution in [0.25, 0.3) is 0 Å². The molecule has 7 heteroatoms. The molecule has 0 fully saturated rings. The van der Waals surface area contributed by atoms with Crippen molar-refractivity contribution < 1.29 is 14.0 Å². The van der Waals surface area contributed by atoms with Gasteiger partial charge in [0.05, 0.1) is 11.8 Å². The Kier molecular flexibility index (Phi) is 2.83. The summed E-state index contributed by atoms with van der Waals surface area (Å²) in [6.45, 7) is 1.59. The van der Waals surface area contributed by atoms with Crippen LogP contribution in [0.4, 0.5) is 10.1 Å². The smallest absolute Gasteiger partial charge is 0.269 e. The summed E-state index contributed by atoms with van der Waals surface area (Å²) in [5, 5.41) is 0.557. The fourth-order valence-corrected chi connectivity index (χ4v) is 2.23. The van der Waals surface area contributed by atoms with Crippen LogP contribution in [0.15, 0.2) is 35.2 Å². The number of anilines is 1. The fraction of sp³-hybridized carbons (Fsp3) is 0.154. The second-order valence-electron chi connectivity index (χ2n) is 4.47. The number of hydrogen-bond donors (Lipinski definition) is 0. The molecule has 0 spiro atoms. The molecule has 2 heterocycles. The number of carbonyl (C=O) groups excluding carboxylic acids is 2. The standard InChI is InChI=1S/C13H9ClFN3O2/c1-7-4-8(2-3-9(7)14)18-12(20)5-10(15)17-6-11(19)16-13(17)18/h2-5H,6H2,1H3. The minimum absolute atomic E-state index is 0.0123. The average Bonchev–Trinajstić information content (AvgIpc) is 2.75. The second-order valence-corrected chi connectivity index (χ2v) is 4.87. The summed E-state index contributed by atoms with van der Waals surface area (Å²) < 4.78 is 13.7. The number of carbonyl (C=O) groups is 2. The lowest BCUT2D eigenvalue weighted by Gasteiger charge is -2.30. The van der Waals surface area contributed by atoms with Gasteiger partial charge >= 0.3 is 0 Å². The third-order valence-electron chi connectivity index (χ3n) is 3.08. The van der Waals surface area contributed by atoms with E-state index in [0.717, 1.165) is 16.5 Å². The van der Waals surface area contributed by atoms with Crippen molar-refractivity contribution in [2.75, 3.05) is 11.4 Å². The number of rotatable bonds is 1. The Balaban J connectivity index is 2.12. The molecule has 0 aliphatic carbocycles. The Morgan fingerprint density at radius 1 is 1.35 bits per heavy atom. The molecule has 1 aromatic rings. The van der Waals surface area contributed by atoms with Crippen LogP contribution in [0.1, 0.15) is 5.56 Å². The van der Waals surface area contributed by atoms with E-state index in [1.54, 1.807) is 25.1 Å². The maximum Gasteiger partial charge on any atom is 0.269 e. The van der Waals surface area contributed by atoms with Crippen LogP contribution in [0, 0.1) is 6.92 Å². The molecule has 0 saturated heterocycles. The molecule has 2 aliphatic rings. The van der Waals surface area contributed by atoms with Gasteiger partial charge in [0, 0.05) is 5.02 Å². The SMILES string of the molecule is Cc1cc(N2C(=O)C=C(F)N3CC(=O)N=C32)ccc1Cl. The number of halogens is 2. The van der Waals surface area contributed by atoms with Gasteiger partial charge in [0.25, 0.3) is 11.8 Å². The molecule has 0 bridgehead atoms. The van der Waals surface area contributed by atoms with Crippen LogP contribution in [0.5, 0.6) is 0 Å². The van der Waals surface area contributed by atoms with E-state index in [1.807, 2.05) is 0 Å². The average molecular weight is 294 g/mol. The Labute approximate surface area is 118 Å². The highest BCUT2D eigenvalue weighted by Crippen LogP contribution is 2.29. The number of benzene rings is 1. The van der Waals surface area contributed by atoms with Crippen LogP contribution >= 0.6 is 11.6 Å². The van der Waals surface area contributed by atoms with Gasteiger partial charge in [0.1, 0.15) is 6.54 Å². The molecular weight excluding hydrogens is 285 g/mol. The fourth-order valence-electron chi connectivity index (χ4n) is 2.11. The molecular formula is C13H9ClFN3O2. The van der Waals surface area contributed by atoms with E-state index in [9.17, 15) is 14.0 Å². The Morgan fingerprint density at radius 3 is 2.80 bits per heavy atom. The topological polar surface area (TPSA) is 53.0 Å². The van der Waals surface area contributed by atoms with E-state index in [2.05, 4.69) is 4.99 Å². The zero-order chi connectivity index (χ0) is 14.4. The van der Waals surface area contributed by atoms with Crippen molar-refractivity contribution in [2.45, 2.75) is 6.92 Å². The van der Waals surface area contributed by atoms with Gasteiger partial charge in [-0.05, 0) is 30.7 Å². The highest BCUT2D eigenvalue weighted by molar-refractivity contribution is 6.31. The lowest BCUT2D eigenvalue weighted by molar-refractivity contribution is -0.117. The predicted octanol–water partition coefficient (Wildman–Crippen LogP) is 2.00. The highest BCUT2D eigenvalue weighted by atomic mass is 35.5. The van der Waals surface area contributed by atoms with Gasteiger partial charge in [-0.1, -0.05) is 11.6 Å². The lowest BCUT2D eigenvalue weighted by atomic mass is 10.2. The van der Waals surface area contributed by atoms with Crippen molar-refractivity contribution in [2.24, 2.45) is 4.99 Å². The summed E-state index contributed by atoms with van der Waals surface area (Å²) in [5.41, 5.74) is 1.25. The Morgan fingerprint density at radius 2 is 2.10 bits per heavy atom. The number of hydrogen-bond acceptors (Lipinski definition) is 3. The molecule has 0 aromatic heterocycles. The van der Waals surface area contributed by atoms with Crippen molar-refractivity contribution in [3.05, 3.63) is 40.8 Å². The van der Waals surface area contributed by atoms with Crippen molar-refractivity contribution >= 4 is 35.1 Å². The van der Waals surface area contributed by atoms with E-state index < -0.39 is 17.8 Å². The first-order chi connectivity index (χ1) is 9.47. The molecule has 20 heavy (non-hydrogen) atoms. The van der Waals surface area contributed by atoms with Gasteiger partial charge in [-0.15, -0.1) is 0 Å². The number of amides is 2. The van der Waals surface area contributed by atoms with Gasteiger partial charge in [-0.2, -0.15) is 9.38 Å². The molecule has 3 rings (SSSR count). The zero-order valence-corrected chi connectivity index (χ0v) is 11.2. The zero-order valence-electron chi connectivity index (χ0n) is 10.4. The van der Waals surface area contributed by atoms with Gasteiger partial charge in [0.2, 0.25) is 11.9 Å². The predicted molar refractivity (Wildman–Crippen MR) is 72.0 cm³/mol. The van der Waals surface area contributed by atoms with E-state index in [0.29, 0.717) is 10.7 Å². The number of aliphatic imine (C=N–C) groups is 1. The van der Waals surface area contributed by atoms with E-state index in [4.69, 9.17) is 11.6 Å². The summed E-state index contributed by atoms with van der Waals surface area (Å²) in [5.74, 6) is -1.87. The molecule has 0 atom stereocenters. The quantitative estimate of drug-likeness (QED) is 0.744. The van der Waals surface area contributed by atoms with Crippen LogP contribution < -0.4 is 4.90 Å². The molecule has 0 unspecified atom stereocenters. The molecule has 0 N–H and O–H groups in total. The Hall–Kier alpha value is -2.21. The molecule has 1 aromatic carbocycles. The summed E-state index contributed by atoms with van der Waals surface area (Å²) in [6.07, 6.45) is 0.835. The number of aryl methyl sites for hydroxylation is 1. The van der Waals surface area contributed by atoms with E-state index in [-0.39, 0.29) is 12.5 Å². The van der Waals surface area contributed by atoms with Gasteiger partial charge in [0.15, 0.2) is 0 Å².